The molecule has 0 saturated carbocycles. The predicted molar refractivity (Wildman–Crippen MR) is 71.7 cm³/mol. The first-order chi connectivity index (χ1) is 7.22. The van der Waals surface area contributed by atoms with E-state index in [0.29, 0.717) is 0 Å². The Morgan fingerprint density at radius 1 is 1.20 bits per heavy atom. The standard InChI is InChI=1S/C14H15Br/c1-3-5-12(2)6-4-7-13-8-10-14(15)11-9-13/h3-11H,1-2H3/b5-3-,7-4+,12-6-. The first-order valence-corrected chi connectivity index (χ1v) is 5.75. The second-order valence-electron chi connectivity index (χ2n) is 3.32. The fraction of sp³-hybridized carbons (Fsp3) is 0.143. The summed E-state index contributed by atoms with van der Waals surface area (Å²) in [6.07, 6.45) is 10.4. The second kappa shape index (κ2) is 6.41. The molecule has 0 amide bonds. The molecule has 0 N–H and O–H groups in total. The number of halogens is 1. The summed E-state index contributed by atoms with van der Waals surface area (Å²) in [6.45, 7) is 4.11. The molecule has 1 heteroatoms. The molecule has 0 aliphatic carbocycles. The monoisotopic (exact) mass is 262 g/mol. The Bertz CT molecular complexity index is 380. The van der Waals surface area contributed by atoms with Crippen LogP contribution in [0.5, 0.6) is 0 Å². The maximum absolute atomic E-state index is 3.41. The Kier molecular flexibility index (Phi) is 5.13. The predicted octanol–water partition coefficient (Wildman–Crippen LogP) is 4.98. The first-order valence-electron chi connectivity index (χ1n) is 4.95. The lowest BCUT2D eigenvalue weighted by Crippen LogP contribution is -1.70. The van der Waals surface area contributed by atoms with Crippen LogP contribution in [0.2, 0.25) is 0 Å². The highest BCUT2D eigenvalue weighted by Crippen LogP contribution is 2.11. The van der Waals surface area contributed by atoms with E-state index < -0.39 is 0 Å². The van der Waals surface area contributed by atoms with Crippen LogP contribution in [0, 0.1) is 0 Å². The Morgan fingerprint density at radius 3 is 2.47 bits per heavy atom. The number of benzene rings is 1. The van der Waals surface area contributed by atoms with E-state index >= 15 is 0 Å². The minimum absolute atomic E-state index is 1.11. The van der Waals surface area contributed by atoms with Gasteiger partial charge in [0.2, 0.25) is 0 Å². The number of allylic oxidation sites excluding steroid dienone is 5. The van der Waals surface area contributed by atoms with Crippen LogP contribution in [0.25, 0.3) is 6.08 Å². The minimum Gasteiger partial charge on any atom is -0.0874 e. The summed E-state index contributed by atoms with van der Waals surface area (Å²) in [6, 6.07) is 8.25. The average molecular weight is 263 g/mol. The van der Waals surface area contributed by atoms with Gasteiger partial charge in [-0.15, -0.1) is 0 Å². The number of hydrogen-bond acceptors (Lipinski definition) is 0. The Morgan fingerprint density at radius 2 is 1.87 bits per heavy atom. The third-order valence-corrected chi connectivity index (χ3v) is 2.48. The Hall–Kier alpha value is -1.08. The van der Waals surface area contributed by atoms with Crippen molar-refractivity contribution in [3.05, 3.63) is 64.2 Å². The maximum Gasteiger partial charge on any atom is 0.0175 e. The molecule has 0 radical (unpaired) electrons. The van der Waals surface area contributed by atoms with Crippen molar-refractivity contribution in [1.82, 2.24) is 0 Å². The van der Waals surface area contributed by atoms with Crippen LogP contribution in [0.15, 0.2) is 58.6 Å². The maximum atomic E-state index is 3.41. The van der Waals surface area contributed by atoms with Gasteiger partial charge in [-0.25, -0.2) is 0 Å². The highest BCUT2D eigenvalue weighted by Gasteiger charge is 1.85. The van der Waals surface area contributed by atoms with Gasteiger partial charge in [0.1, 0.15) is 0 Å². The third-order valence-electron chi connectivity index (χ3n) is 1.95. The molecule has 0 fully saturated rings. The van der Waals surface area contributed by atoms with E-state index in [9.17, 15) is 0 Å². The molecule has 0 atom stereocenters. The molecule has 0 heterocycles. The van der Waals surface area contributed by atoms with Gasteiger partial charge in [0.25, 0.3) is 0 Å². The van der Waals surface area contributed by atoms with E-state index in [-0.39, 0.29) is 0 Å². The fourth-order valence-corrected chi connectivity index (χ4v) is 1.47. The SMILES string of the molecule is C\C=C/C(C)=C\C=C\c1ccc(Br)cc1. The smallest absolute Gasteiger partial charge is 0.0175 e. The number of hydrogen-bond donors (Lipinski definition) is 0. The highest BCUT2D eigenvalue weighted by molar-refractivity contribution is 9.10. The van der Waals surface area contributed by atoms with Crippen molar-refractivity contribution in [3.8, 4) is 0 Å². The first kappa shape index (κ1) is 12.0. The van der Waals surface area contributed by atoms with Gasteiger partial charge >= 0.3 is 0 Å². The van der Waals surface area contributed by atoms with Gasteiger partial charge in [-0.05, 0) is 31.5 Å². The van der Waals surface area contributed by atoms with E-state index in [1.165, 1.54) is 11.1 Å². The summed E-state index contributed by atoms with van der Waals surface area (Å²) in [7, 11) is 0. The average Bonchev–Trinajstić information content (AvgIpc) is 2.21. The van der Waals surface area contributed by atoms with Gasteiger partial charge in [0.05, 0.1) is 0 Å². The molecular formula is C14H15Br. The summed E-state index contributed by atoms with van der Waals surface area (Å²) in [4.78, 5) is 0. The van der Waals surface area contributed by atoms with E-state index in [2.05, 4.69) is 59.3 Å². The zero-order valence-corrected chi connectivity index (χ0v) is 10.7. The van der Waals surface area contributed by atoms with E-state index in [1.54, 1.807) is 0 Å². The molecule has 0 saturated heterocycles. The van der Waals surface area contributed by atoms with Gasteiger partial charge in [-0.3, -0.25) is 0 Å². The summed E-state index contributed by atoms with van der Waals surface area (Å²) >= 11 is 3.41. The minimum atomic E-state index is 1.11. The van der Waals surface area contributed by atoms with Gasteiger partial charge in [-0.1, -0.05) is 64.0 Å². The van der Waals surface area contributed by atoms with E-state index in [1.807, 2.05) is 25.1 Å². The van der Waals surface area contributed by atoms with Crippen LogP contribution in [-0.2, 0) is 0 Å². The van der Waals surface area contributed by atoms with Gasteiger partial charge in [-0.2, -0.15) is 0 Å². The molecule has 0 aliphatic heterocycles. The van der Waals surface area contributed by atoms with Crippen LogP contribution in [0.1, 0.15) is 19.4 Å². The van der Waals surface area contributed by atoms with Crippen molar-refractivity contribution in [1.29, 1.82) is 0 Å². The highest BCUT2D eigenvalue weighted by atomic mass is 79.9. The molecule has 0 nitrogen and oxygen atoms in total. The topological polar surface area (TPSA) is 0 Å². The zero-order valence-electron chi connectivity index (χ0n) is 9.07. The second-order valence-corrected chi connectivity index (χ2v) is 4.24. The lowest BCUT2D eigenvalue weighted by atomic mass is 10.2. The van der Waals surface area contributed by atoms with Gasteiger partial charge in [0.15, 0.2) is 0 Å². The van der Waals surface area contributed by atoms with Crippen LogP contribution in [-0.4, -0.2) is 0 Å². The molecule has 1 rings (SSSR count). The van der Waals surface area contributed by atoms with Gasteiger partial charge < -0.3 is 0 Å². The van der Waals surface area contributed by atoms with E-state index in [0.717, 1.165) is 4.47 Å². The van der Waals surface area contributed by atoms with Crippen molar-refractivity contribution in [2.75, 3.05) is 0 Å². The molecule has 0 unspecified atom stereocenters. The summed E-state index contributed by atoms with van der Waals surface area (Å²) in [5.41, 5.74) is 2.47. The lowest BCUT2D eigenvalue weighted by molar-refractivity contribution is 1.50. The van der Waals surface area contributed by atoms with Crippen LogP contribution in [0.3, 0.4) is 0 Å². The van der Waals surface area contributed by atoms with Crippen molar-refractivity contribution in [2.24, 2.45) is 0 Å². The lowest BCUT2D eigenvalue weighted by Gasteiger charge is -1.92. The molecular weight excluding hydrogens is 248 g/mol. The van der Waals surface area contributed by atoms with Crippen molar-refractivity contribution in [2.45, 2.75) is 13.8 Å². The van der Waals surface area contributed by atoms with E-state index in [4.69, 9.17) is 0 Å². The largest absolute Gasteiger partial charge is 0.0874 e. The van der Waals surface area contributed by atoms with Gasteiger partial charge in [0, 0.05) is 4.47 Å². The molecule has 0 aromatic heterocycles. The van der Waals surface area contributed by atoms with Crippen LogP contribution in [0.4, 0.5) is 0 Å². The molecule has 1 aromatic carbocycles. The zero-order chi connectivity index (χ0) is 11.1. The molecule has 1 aromatic rings. The Labute approximate surface area is 100 Å². The molecule has 0 aliphatic rings. The Balaban J connectivity index is 2.66. The van der Waals surface area contributed by atoms with Crippen molar-refractivity contribution >= 4 is 22.0 Å². The molecule has 0 bridgehead atoms. The van der Waals surface area contributed by atoms with Crippen molar-refractivity contribution in [3.63, 3.8) is 0 Å². The normalized spacial score (nSPS) is 12.9. The number of rotatable bonds is 3. The van der Waals surface area contributed by atoms with Crippen LogP contribution < -0.4 is 0 Å². The quantitative estimate of drug-likeness (QED) is 0.674. The summed E-state index contributed by atoms with van der Waals surface area (Å²) < 4.78 is 1.11. The summed E-state index contributed by atoms with van der Waals surface area (Å²) in [5.74, 6) is 0. The third kappa shape index (κ3) is 4.80. The van der Waals surface area contributed by atoms with Crippen LogP contribution >= 0.6 is 15.9 Å². The molecule has 78 valence electrons. The molecule has 0 spiro atoms. The van der Waals surface area contributed by atoms with Crippen molar-refractivity contribution < 1.29 is 0 Å². The molecule has 15 heavy (non-hydrogen) atoms. The fourth-order valence-electron chi connectivity index (χ4n) is 1.20. The summed E-state index contributed by atoms with van der Waals surface area (Å²) in [5, 5.41) is 0.